The van der Waals surface area contributed by atoms with Crippen molar-refractivity contribution in [3.8, 4) is 0 Å². The number of halogens is 1. The van der Waals surface area contributed by atoms with E-state index in [-0.39, 0.29) is 29.1 Å². The van der Waals surface area contributed by atoms with Crippen LogP contribution in [0.1, 0.15) is 43.1 Å². The van der Waals surface area contributed by atoms with Crippen LogP contribution in [0.4, 0.5) is 10.1 Å². The third-order valence-electron chi connectivity index (χ3n) is 5.35. The molecule has 1 saturated carbocycles. The number of carboxylic acids is 1. The minimum absolute atomic E-state index is 0.123. The number of hydrogen-bond donors (Lipinski definition) is 2. The summed E-state index contributed by atoms with van der Waals surface area (Å²) in [4.78, 5) is 26.0. The van der Waals surface area contributed by atoms with Crippen LogP contribution in [-0.4, -0.2) is 40.8 Å². The molecule has 6 nitrogen and oxygen atoms in total. The van der Waals surface area contributed by atoms with Crippen molar-refractivity contribution in [2.45, 2.75) is 44.8 Å². The van der Waals surface area contributed by atoms with Crippen molar-refractivity contribution < 1.29 is 14.3 Å². The van der Waals surface area contributed by atoms with Crippen molar-refractivity contribution in [2.75, 3.05) is 18.0 Å². The molecule has 0 bridgehead atoms. The first kappa shape index (κ1) is 17.0. The summed E-state index contributed by atoms with van der Waals surface area (Å²) in [7, 11) is 0. The molecule has 7 heteroatoms. The van der Waals surface area contributed by atoms with Gasteiger partial charge in [0.2, 0.25) is 5.43 Å². The minimum Gasteiger partial charge on any atom is -0.477 e. The Morgan fingerprint density at radius 3 is 2.69 bits per heavy atom. The molecule has 2 unspecified atom stereocenters. The normalized spacial score (nSPS) is 23.4. The number of carboxylic acid groups (broad SMARTS) is 1. The molecule has 2 fully saturated rings. The number of anilines is 1. The summed E-state index contributed by atoms with van der Waals surface area (Å²) in [6.45, 7) is 5.51. The molecule has 1 aliphatic carbocycles. The van der Waals surface area contributed by atoms with Crippen LogP contribution in [0, 0.1) is 5.82 Å². The monoisotopic (exact) mass is 359 g/mol. The summed E-state index contributed by atoms with van der Waals surface area (Å²) in [6, 6.07) is 3.45. The van der Waals surface area contributed by atoms with E-state index in [2.05, 4.69) is 12.2 Å². The molecule has 0 amide bonds. The Morgan fingerprint density at radius 1 is 1.31 bits per heavy atom. The molecule has 0 radical (unpaired) electrons. The van der Waals surface area contributed by atoms with Gasteiger partial charge in [-0.1, -0.05) is 0 Å². The minimum atomic E-state index is -1.28. The van der Waals surface area contributed by atoms with Crippen LogP contribution in [0.5, 0.6) is 0 Å². The summed E-state index contributed by atoms with van der Waals surface area (Å²) >= 11 is 0. The summed E-state index contributed by atoms with van der Waals surface area (Å²) in [6.07, 6.45) is 3.28. The Labute approximate surface area is 150 Å². The maximum atomic E-state index is 14.9. The first-order valence-corrected chi connectivity index (χ1v) is 8.98. The zero-order valence-corrected chi connectivity index (χ0v) is 14.8. The lowest BCUT2D eigenvalue weighted by Gasteiger charge is -2.39. The SMILES string of the molecule is CC1CN(c2cc3c(cc2F)c(=O)c(C(=O)O)cn3C2CC2)C(C)CN1. The Bertz CT molecular complexity index is 951. The van der Waals surface area contributed by atoms with Crippen LogP contribution in [0.3, 0.4) is 0 Å². The largest absolute Gasteiger partial charge is 0.477 e. The van der Waals surface area contributed by atoms with Crippen molar-refractivity contribution in [1.82, 2.24) is 9.88 Å². The van der Waals surface area contributed by atoms with E-state index >= 15 is 0 Å². The lowest BCUT2D eigenvalue weighted by atomic mass is 10.1. The Morgan fingerprint density at radius 2 is 2.04 bits per heavy atom. The van der Waals surface area contributed by atoms with Gasteiger partial charge in [-0.05, 0) is 38.8 Å². The van der Waals surface area contributed by atoms with Crippen molar-refractivity contribution in [3.05, 3.63) is 39.9 Å². The van der Waals surface area contributed by atoms with Crippen LogP contribution < -0.4 is 15.6 Å². The van der Waals surface area contributed by atoms with Gasteiger partial charge in [-0.3, -0.25) is 4.79 Å². The molecule has 138 valence electrons. The molecule has 1 saturated heterocycles. The van der Waals surface area contributed by atoms with Gasteiger partial charge in [-0.15, -0.1) is 0 Å². The van der Waals surface area contributed by atoms with E-state index in [1.165, 1.54) is 12.3 Å². The number of carbonyl (C=O) groups is 1. The van der Waals surface area contributed by atoms with E-state index in [9.17, 15) is 19.1 Å². The van der Waals surface area contributed by atoms with Gasteiger partial charge in [0.25, 0.3) is 0 Å². The molecule has 4 rings (SSSR count). The fraction of sp³-hybridized carbons (Fsp3) is 0.474. The van der Waals surface area contributed by atoms with Crippen molar-refractivity contribution in [3.63, 3.8) is 0 Å². The van der Waals surface area contributed by atoms with Gasteiger partial charge in [-0.2, -0.15) is 0 Å². The van der Waals surface area contributed by atoms with E-state index in [0.29, 0.717) is 17.7 Å². The van der Waals surface area contributed by atoms with E-state index in [4.69, 9.17) is 0 Å². The molecule has 2 aliphatic rings. The first-order valence-electron chi connectivity index (χ1n) is 8.98. The van der Waals surface area contributed by atoms with Crippen LogP contribution in [0.2, 0.25) is 0 Å². The molecule has 26 heavy (non-hydrogen) atoms. The second-order valence-corrected chi connectivity index (χ2v) is 7.45. The van der Waals surface area contributed by atoms with Crippen molar-refractivity contribution in [2.24, 2.45) is 0 Å². The molecule has 1 aliphatic heterocycles. The average molecular weight is 359 g/mol. The number of nitrogens with one attached hydrogen (secondary N) is 1. The highest BCUT2D eigenvalue weighted by Crippen LogP contribution is 2.38. The van der Waals surface area contributed by atoms with Gasteiger partial charge in [0, 0.05) is 42.8 Å². The zero-order chi connectivity index (χ0) is 18.6. The van der Waals surface area contributed by atoms with E-state index in [1.807, 2.05) is 16.4 Å². The molecule has 2 N–H and O–H groups in total. The molecule has 2 heterocycles. The van der Waals surface area contributed by atoms with Crippen LogP contribution >= 0.6 is 0 Å². The van der Waals surface area contributed by atoms with Crippen molar-refractivity contribution in [1.29, 1.82) is 0 Å². The molecule has 2 aromatic rings. The Kier molecular flexibility index (Phi) is 3.99. The van der Waals surface area contributed by atoms with Gasteiger partial charge < -0.3 is 19.9 Å². The number of piperazine rings is 1. The van der Waals surface area contributed by atoms with Gasteiger partial charge in [0.15, 0.2) is 0 Å². The number of fused-ring (bicyclic) bond motifs is 1. The lowest BCUT2D eigenvalue weighted by Crippen LogP contribution is -2.54. The van der Waals surface area contributed by atoms with Crippen molar-refractivity contribution >= 4 is 22.6 Å². The van der Waals surface area contributed by atoms with E-state index in [0.717, 1.165) is 19.4 Å². The third kappa shape index (κ3) is 2.76. The van der Waals surface area contributed by atoms with Gasteiger partial charge in [0.1, 0.15) is 11.4 Å². The van der Waals surface area contributed by atoms with Crippen LogP contribution in [-0.2, 0) is 0 Å². The molecule has 1 aromatic heterocycles. The molecule has 1 aromatic carbocycles. The smallest absolute Gasteiger partial charge is 0.341 e. The topological polar surface area (TPSA) is 74.6 Å². The van der Waals surface area contributed by atoms with Gasteiger partial charge >= 0.3 is 5.97 Å². The Hall–Kier alpha value is -2.41. The second-order valence-electron chi connectivity index (χ2n) is 7.45. The van der Waals surface area contributed by atoms with Gasteiger partial charge in [-0.25, -0.2) is 9.18 Å². The summed E-state index contributed by atoms with van der Waals surface area (Å²) < 4.78 is 16.7. The van der Waals surface area contributed by atoms with Crippen LogP contribution in [0.15, 0.2) is 23.1 Å². The zero-order valence-electron chi connectivity index (χ0n) is 14.8. The highest BCUT2D eigenvalue weighted by molar-refractivity contribution is 5.93. The number of aromatic carboxylic acids is 1. The lowest BCUT2D eigenvalue weighted by molar-refractivity contribution is 0.0695. The second kappa shape index (κ2) is 6.09. The molecular weight excluding hydrogens is 337 g/mol. The Balaban J connectivity index is 1.93. The van der Waals surface area contributed by atoms with E-state index < -0.39 is 17.2 Å². The van der Waals surface area contributed by atoms with Gasteiger partial charge in [0.05, 0.1) is 11.2 Å². The molecule has 2 atom stereocenters. The fourth-order valence-electron chi connectivity index (χ4n) is 3.74. The maximum absolute atomic E-state index is 14.9. The summed E-state index contributed by atoms with van der Waals surface area (Å²) in [5.41, 5.74) is 0.143. The summed E-state index contributed by atoms with van der Waals surface area (Å²) in [5, 5.41) is 12.8. The number of aromatic nitrogens is 1. The first-order chi connectivity index (χ1) is 12.4. The number of pyridine rings is 1. The predicted molar refractivity (Wildman–Crippen MR) is 97.7 cm³/mol. The highest BCUT2D eigenvalue weighted by atomic mass is 19.1. The maximum Gasteiger partial charge on any atom is 0.341 e. The average Bonchev–Trinajstić information content (AvgIpc) is 3.42. The highest BCUT2D eigenvalue weighted by Gasteiger charge is 2.29. The van der Waals surface area contributed by atoms with E-state index in [1.54, 1.807) is 6.07 Å². The number of benzene rings is 1. The van der Waals surface area contributed by atoms with Crippen LogP contribution in [0.25, 0.3) is 10.9 Å². The fourth-order valence-corrected chi connectivity index (χ4v) is 3.74. The molecule has 0 spiro atoms. The molecular formula is C19H22FN3O3. The number of hydrogen-bond acceptors (Lipinski definition) is 4. The number of rotatable bonds is 3. The standard InChI is InChI=1S/C19H22FN3O3/c1-10-8-22(11(2)7-21-10)17-6-16-13(5-15(17)20)18(24)14(19(25)26)9-23(16)12-3-4-12/h5-6,9-12,21H,3-4,7-8H2,1-2H3,(H,25,26). The summed E-state index contributed by atoms with van der Waals surface area (Å²) in [5.74, 6) is -1.76. The third-order valence-corrected chi connectivity index (χ3v) is 5.35. The number of nitrogens with zero attached hydrogens (tertiary/aromatic N) is 2. The quantitative estimate of drug-likeness (QED) is 0.880. The predicted octanol–water partition coefficient (Wildman–Crippen LogP) is 2.36.